The predicted octanol–water partition coefficient (Wildman–Crippen LogP) is 3.65. The average molecular weight is 443 g/mol. The van der Waals surface area contributed by atoms with Crippen molar-refractivity contribution in [3.05, 3.63) is 89.7 Å². The molecular weight excluding hydrogens is 419 g/mol. The molecule has 1 amide bonds. The summed E-state index contributed by atoms with van der Waals surface area (Å²) < 4.78 is 46.9. The van der Waals surface area contributed by atoms with E-state index in [-0.39, 0.29) is 17.1 Å². The summed E-state index contributed by atoms with van der Waals surface area (Å²) in [5.74, 6) is -0.820. The highest BCUT2D eigenvalue weighted by atomic mass is 32.2. The van der Waals surface area contributed by atoms with Crippen LogP contribution in [-0.4, -0.2) is 28.0 Å². The van der Waals surface area contributed by atoms with Crippen LogP contribution in [0.1, 0.15) is 11.1 Å². The average Bonchev–Trinajstić information content (AvgIpc) is 2.77. The lowest BCUT2D eigenvalue weighted by molar-refractivity contribution is -0.119. The summed E-state index contributed by atoms with van der Waals surface area (Å²) >= 11 is 0. The fourth-order valence-corrected chi connectivity index (χ4v) is 4.35. The minimum absolute atomic E-state index is 0.0807. The molecule has 0 fully saturated rings. The van der Waals surface area contributed by atoms with Crippen molar-refractivity contribution in [3.8, 4) is 5.75 Å². The Labute approximate surface area is 181 Å². The lowest BCUT2D eigenvalue weighted by Gasteiger charge is -2.24. The molecule has 0 aliphatic rings. The number of ether oxygens (including phenoxy) is 1. The van der Waals surface area contributed by atoms with E-state index < -0.39 is 28.3 Å². The number of rotatable bonds is 8. The van der Waals surface area contributed by atoms with Crippen molar-refractivity contribution in [2.24, 2.45) is 0 Å². The van der Waals surface area contributed by atoms with Crippen molar-refractivity contribution in [2.45, 2.75) is 18.4 Å². The minimum atomic E-state index is -4.21. The van der Waals surface area contributed by atoms with Crippen LogP contribution in [-0.2, 0) is 21.4 Å². The molecule has 0 saturated carbocycles. The molecule has 0 aliphatic carbocycles. The van der Waals surface area contributed by atoms with Crippen molar-refractivity contribution >= 4 is 21.6 Å². The van der Waals surface area contributed by atoms with Gasteiger partial charge in [-0.25, -0.2) is 12.8 Å². The van der Waals surface area contributed by atoms with Crippen LogP contribution in [0.4, 0.5) is 10.1 Å². The van der Waals surface area contributed by atoms with Crippen molar-refractivity contribution in [3.63, 3.8) is 0 Å². The summed E-state index contributed by atoms with van der Waals surface area (Å²) in [6.45, 7) is 1.62. The first-order chi connectivity index (χ1) is 14.8. The summed E-state index contributed by atoms with van der Waals surface area (Å²) in [5, 5.41) is 2.69. The number of aryl methyl sites for hydroxylation is 1. The second-order valence-corrected chi connectivity index (χ2v) is 8.76. The molecule has 0 radical (unpaired) electrons. The molecule has 0 bridgehead atoms. The maximum Gasteiger partial charge on any atom is 0.264 e. The van der Waals surface area contributed by atoms with Crippen LogP contribution in [0.25, 0.3) is 0 Å². The van der Waals surface area contributed by atoms with Crippen molar-refractivity contribution < 1.29 is 22.3 Å². The zero-order chi connectivity index (χ0) is 22.4. The molecule has 3 aromatic carbocycles. The zero-order valence-corrected chi connectivity index (χ0v) is 18.0. The Balaban J connectivity index is 1.86. The van der Waals surface area contributed by atoms with Crippen molar-refractivity contribution in [2.75, 3.05) is 18.0 Å². The monoisotopic (exact) mass is 442 g/mol. The van der Waals surface area contributed by atoms with Gasteiger partial charge in [-0.3, -0.25) is 9.10 Å². The molecule has 0 saturated heterocycles. The summed E-state index contributed by atoms with van der Waals surface area (Å²) in [6, 6.07) is 18.7. The number of amides is 1. The number of sulfonamides is 1. The van der Waals surface area contributed by atoms with E-state index in [0.717, 1.165) is 21.5 Å². The molecule has 0 unspecified atom stereocenters. The first-order valence-corrected chi connectivity index (χ1v) is 11.0. The summed E-state index contributed by atoms with van der Waals surface area (Å²) in [6.07, 6.45) is 0. The van der Waals surface area contributed by atoms with Crippen molar-refractivity contribution in [1.82, 2.24) is 5.32 Å². The second-order valence-electron chi connectivity index (χ2n) is 6.90. The SMILES string of the molecule is COc1ccc(S(=O)(=O)N(CC(=O)NCc2ccc(C)cc2)c2ccccc2F)cc1. The molecule has 3 aromatic rings. The van der Waals surface area contributed by atoms with Gasteiger partial charge in [-0.1, -0.05) is 42.0 Å². The van der Waals surface area contributed by atoms with Gasteiger partial charge in [0.1, 0.15) is 18.1 Å². The number of hydrogen-bond donors (Lipinski definition) is 1. The largest absolute Gasteiger partial charge is 0.497 e. The van der Waals surface area contributed by atoms with Crippen LogP contribution in [0.3, 0.4) is 0 Å². The van der Waals surface area contributed by atoms with E-state index in [4.69, 9.17) is 4.74 Å². The van der Waals surface area contributed by atoms with Crippen LogP contribution < -0.4 is 14.4 Å². The Kier molecular flexibility index (Phi) is 6.91. The molecule has 0 aliphatic heterocycles. The highest BCUT2D eigenvalue weighted by Crippen LogP contribution is 2.27. The first kappa shape index (κ1) is 22.3. The number of methoxy groups -OCH3 is 1. The Morgan fingerprint density at radius 1 is 1.00 bits per heavy atom. The Bertz CT molecular complexity index is 1150. The number of halogens is 1. The Hall–Kier alpha value is -3.39. The number of carbonyl (C=O) groups is 1. The minimum Gasteiger partial charge on any atom is -0.497 e. The molecule has 0 heterocycles. The van der Waals surface area contributed by atoms with Gasteiger partial charge in [0.05, 0.1) is 17.7 Å². The zero-order valence-electron chi connectivity index (χ0n) is 17.2. The third-order valence-electron chi connectivity index (χ3n) is 4.67. The van der Waals surface area contributed by atoms with Crippen molar-refractivity contribution in [1.29, 1.82) is 0 Å². The number of nitrogens with zero attached hydrogens (tertiary/aromatic N) is 1. The lowest BCUT2D eigenvalue weighted by atomic mass is 10.1. The second kappa shape index (κ2) is 9.61. The normalized spacial score (nSPS) is 11.1. The van der Waals surface area contributed by atoms with Crippen LogP contribution in [0.15, 0.2) is 77.7 Å². The third kappa shape index (κ3) is 5.40. The quantitative estimate of drug-likeness (QED) is 0.578. The fourth-order valence-electron chi connectivity index (χ4n) is 2.92. The van der Waals surface area contributed by atoms with Gasteiger partial charge in [0.2, 0.25) is 5.91 Å². The number of anilines is 1. The molecule has 3 rings (SSSR count). The van der Waals surface area contributed by atoms with E-state index in [1.807, 2.05) is 31.2 Å². The number of nitrogens with one attached hydrogen (secondary N) is 1. The Morgan fingerprint density at radius 3 is 2.26 bits per heavy atom. The number of carbonyl (C=O) groups excluding carboxylic acids is 1. The first-order valence-electron chi connectivity index (χ1n) is 9.55. The van der Waals surface area contributed by atoms with E-state index in [1.165, 1.54) is 49.6 Å². The molecule has 0 aromatic heterocycles. The molecule has 162 valence electrons. The van der Waals surface area contributed by atoms with Gasteiger partial charge in [-0.05, 0) is 48.9 Å². The molecular formula is C23H23FN2O4S. The van der Waals surface area contributed by atoms with Gasteiger partial charge in [-0.2, -0.15) is 0 Å². The lowest BCUT2D eigenvalue weighted by Crippen LogP contribution is -2.41. The van der Waals surface area contributed by atoms with Crippen LogP contribution in [0.2, 0.25) is 0 Å². The number of hydrogen-bond acceptors (Lipinski definition) is 4. The van der Waals surface area contributed by atoms with E-state index in [2.05, 4.69) is 5.32 Å². The Morgan fingerprint density at radius 2 is 1.65 bits per heavy atom. The molecule has 31 heavy (non-hydrogen) atoms. The van der Waals surface area contributed by atoms with E-state index in [9.17, 15) is 17.6 Å². The van der Waals surface area contributed by atoms with Gasteiger partial charge in [0.25, 0.3) is 10.0 Å². The third-order valence-corrected chi connectivity index (χ3v) is 6.44. The van der Waals surface area contributed by atoms with E-state index in [1.54, 1.807) is 0 Å². The summed E-state index contributed by atoms with van der Waals surface area (Å²) in [7, 11) is -2.74. The van der Waals surface area contributed by atoms with E-state index in [0.29, 0.717) is 5.75 Å². The highest BCUT2D eigenvalue weighted by molar-refractivity contribution is 7.92. The molecule has 8 heteroatoms. The topological polar surface area (TPSA) is 75.7 Å². The van der Waals surface area contributed by atoms with E-state index >= 15 is 0 Å². The smallest absolute Gasteiger partial charge is 0.264 e. The maximum absolute atomic E-state index is 14.5. The molecule has 6 nitrogen and oxygen atoms in total. The maximum atomic E-state index is 14.5. The van der Waals surface area contributed by atoms with Gasteiger partial charge in [0.15, 0.2) is 0 Å². The number of benzene rings is 3. The molecule has 0 atom stereocenters. The van der Waals surface area contributed by atoms with Gasteiger partial charge >= 0.3 is 0 Å². The van der Waals surface area contributed by atoms with Gasteiger partial charge in [0, 0.05) is 6.54 Å². The molecule has 0 spiro atoms. The summed E-state index contributed by atoms with van der Waals surface area (Å²) in [4.78, 5) is 12.5. The highest BCUT2D eigenvalue weighted by Gasteiger charge is 2.29. The van der Waals surface area contributed by atoms with Gasteiger partial charge in [-0.15, -0.1) is 0 Å². The van der Waals surface area contributed by atoms with Crippen LogP contribution >= 0.6 is 0 Å². The van der Waals surface area contributed by atoms with Crippen LogP contribution in [0, 0.1) is 12.7 Å². The van der Waals surface area contributed by atoms with Gasteiger partial charge < -0.3 is 10.1 Å². The molecule has 1 N–H and O–H groups in total. The fraction of sp³-hybridized carbons (Fsp3) is 0.174. The summed E-state index contributed by atoms with van der Waals surface area (Å²) in [5.41, 5.74) is 1.75. The number of para-hydroxylation sites is 1. The standard InChI is InChI=1S/C23H23FN2O4S/c1-17-7-9-18(10-8-17)15-25-23(27)16-26(22-6-4-3-5-21(22)24)31(28,29)20-13-11-19(30-2)12-14-20/h3-14H,15-16H2,1-2H3,(H,25,27). The van der Waals surface area contributed by atoms with Crippen LogP contribution in [0.5, 0.6) is 5.75 Å². The predicted molar refractivity (Wildman–Crippen MR) is 117 cm³/mol.